The second-order valence-electron chi connectivity index (χ2n) is 8.17. The van der Waals surface area contributed by atoms with Crippen LogP contribution in [-0.4, -0.2) is 40.6 Å². The summed E-state index contributed by atoms with van der Waals surface area (Å²) in [5.74, 6) is -1.69. The first kappa shape index (κ1) is 20.2. The Bertz CT molecular complexity index is 779. The van der Waals surface area contributed by atoms with Gasteiger partial charge in [-0.15, -0.1) is 0 Å². The summed E-state index contributed by atoms with van der Waals surface area (Å²) < 4.78 is 13.5. The molecule has 1 aromatic rings. The predicted molar refractivity (Wildman–Crippen MR) is 103 cm³/mol. The summed E-state index contributed by atoms with van der Waals surface area (Å²) in [5.41, 5.74) is 0.663. The van der Waals surface area contributed by atoms with Crippen LogP contribution in [0.25, 0.3) is 0 Å². The number of carbonyl (C=O) groups excluding carboxylic acids is 3. The molecular weight excluding hydrogens is 359 g/mol. The van der Waals surface area contributed by atoms with Crippen LogP contribution in [0.3, 0.4) is 0 Å². The lowest BCUT2D eigenvalue weighted by atomic mass is 9.85. The van der Waals surface area contributed by atoms with Crippen molar-refractivity contribution in [2.24, 2.45) is 17.8 Å². The van der Waals surface area contributed by atoms with Gasteiger partial charge in [0.1, 0.15) is 11.9 Å². The molecule has 0 N–H and O–H groups in total. The molecule has 3 atom stereocenters. The van der Waals surface area contributed by atoms with E-state index in [0.29, 0.717) is 24.8 Å². The van der Waals surface area contributed by atoms with Crippen molar-refractivity contribution >= 4 is 17.7 Å². The van der Waals surface area contributed by atoms with Crippen LogP contribution in [0.1, 0.15) is 38.7 Å². The minimum Gasteiger partial charge on any atom is -0.340 e. The normalized spacial score (nSPS) is 22.5. The Labute approximate surface area is 165 Å². The molecule has 3 amide bonds. The Kier molecular flexibility index (Phi) is 5.96. The smallest absolute Gasteiger partial charge is 0.245 e. The van der Waals surface area contributed by atoms with Crippen molar-refractivity contribution < 1.29 is 18.8 Å². The number of rotatable bonds is 6. The van der Waals surface area contributed by atoms with Gasteiger partial charge in [0, 0.05) is 13.6 Å². The summed E-state index contributed by atoms with van der Waals surface area (Å²) in [6, 6.07) is 5.26. The number of hydrogen-bond acceptors (Lipinski definition) is 3. The van der Waals surface area contributed by atoms with Gasteiger partial charge in [0.25, 0.3) is 0 Å². The van der Waals surface area contributed by atoms with Gasteiger partial charge in [-0.1, -0.05) is 38.1 Å². The molecule has 150 valence electrons. The van der Waals surface area contributed by atoms with E-state index in [1.165, 1.54) is 21.9 Å². The van der Waals surface area contributed by atoms with Crippen LogP contribution in [-0.2, 0) is 20.9 Å². The molecule has 0 aromatic heterocycles. The Morgan fingerprint density at radius 2 is 1.79 bits per heavy atom. The van der Waals surface area contributed by atoms with Gasteiger partial charge in [0.05, 0.1) is 11.8 Å². The van der Waals surface area contributed by atoms with Gasteiger partial charge in [-0.2, -0.15) is 0 Å². The summed E-state index contributed by atoms with van der Waals surface area (Å²) in [5, 5.41) is 0. The second-order valence-corrected chi connectivity index (χ2v) is 8.17. The molecule has 1 saturated heterocycles. The summed E-state index contributed by atoms with van der Waals surface area (Å²) in [6.07, 6.45) is 5.38. The molecule has 6 heteroatoms. The van der Waals surface area contributed by atoms with E-state index in [1.807, 2.05) is 26.0 Å². The van der Waals surface area contributed by atoms with E-state index in [4.69, 9.17) is 0 Å². The Hall–Kier alpha value is -2.50. The molecule has 0 bridgehead atoms. The van der Waals surface area contributed by atoms with Crippen molar-refractivity contribution in [2.75, 3.05) is 7.05 Å². The standard InChI is InChI=1S/C22H27FN2O3/c1-14(2)11-19(22(28)24(3)13-15-7-6-8-16(23)12-15)25-20(26)17-9-4-5-10-18(17)21(25)27/h4-8,12,14,17-19H,9-11,13H2,1-3H3. The fourth-order valence-corrected chi connectivity index (χ4v) is 4.14. The number of amides is 3. The molecule has 3 rings (SSSR count). The first-order valence-electron chi connectivity index (χ1n) is 9.81. The van der Waals surface area contributed by atoms with E-state index in [1.54, 1.807) is 19.2 Å². The minimum absolute atomic E-state index is 0.137. The van der Waals surface area contributed by atoms with Gasteiger partial charge in [-0.05, 0) is 42.9 Å². The average Bonchev–Trinajstić information content (AvgIpc) is 2.90. The molecule has 0 radical (unpaired) electrons. The Morgan fingerprint density at radius 1 is 1.18 bits per heavy atom. The zero-order valence-corrected chi connectivity index (χ0v) is 16.6. The first-order chi connectivity index (χ1) is 13.3. The van der Waals surface area contributed by atoms with Crippen LogP contribution in [0.2, 0.25) is 0 Å². The highest BCUT2D eigenvalue weighted by Gasteiger charge is 2.51. The van der Waals surface area contributed by atoms with Crippen LogP contribution in [0, 0.1) is 23.6 Å². The third-order valence-electron chi connectivity index (χ3n) is 5.52. The number of benzene rings is 1. The molecule has 1 aromatic carbocycles. The highest BCUT2D eigenvalue weighted by molar-refractivity contribution is 6.08. The van der Waals surface area contributed by atoms with Gasteiger partial charge in [0.2, 0.25) is 17.7 Å². The van der Waals surface area contributed by atoms with E-state index in [-0.39, 0.29) is 47.8 Å². The lowest BCUT2D eigenvalue weighted by Gasteiger charge is -2.31. The maximum Gasteiger partial charge on any atom is 0.245 e. The number of imide groups is 1. The first-order valence-corrected chi connectivity index (χ1v) is 9.81. The molecule has 1 heterocycles. The minimum atomic E-state index is -0.816. The molecule has 1 aliphatic heterocycles. The lowest BCUT2D eigenvalue weighted by molar-refractivity contribution is -0.152. The van der Waals surface area contributed by atoms with Crippen LogP contribution >= 0.6 is 0 Å². The van der Waals surface area contributed by atoms with Crippen molar-refractivity contribution in [1.29, 1.82) is 0 Å². The maximum absolute atomic E-state index is 13.5. The molecule has 1 aliphatic carbocycles. The number of halogens is 1. The summed E-state index contributed by atoms with van der Waals surface area (Å²) in [4.78, 5) is 41.8. The van der Waals surface area contributed by atoms with Crippen LogP contribution in [0.15, 0.2) is 36.4 Å². The average molecular weight is 386 g/mol. The summed E-state index contributed by atoms with van der Waals surface area (Å²) >= 11 is 0. The van der Waals surface area contributed by atoms with Crippen LogP contribution in [0.4, 0.5) is 4.39 Å². The zero-order chi connectivity index (χ0) is 20.4. The van der Waals surface area contributed by atoms with E-state index < -0.39 is 6.04 Å². The van der Waals surface area contributed by atoms with Gasteiger partial charge >= 0.3 is 0 Å². The van der Waals surface area contributed by atoms with Crippen LogP contribution in [0.5, 0.6) is 0 Å². The fraction of sp³-hybridized carbons (Fsp3) is 0.500. The van der Waals surface area contributed by atoms with Gasteiger partial charge in [0.15, 0.2) is 0 Å². The topological polar surface area (TPSA) is 57.7 Å². The van der Waals surface area contributed by atoms with Crippen molar-refractivity contribution in [2.45, 2.75) is 45.7 Å². The molecule has 2 aliphatic rings. The molecule has 0 spiro atoms. The number of fused-ring (bicyclic) bond motifs is 1. The second kappa shape index (κ2) is 8.25. The number of likely N-dealkylation sites (N-methyl/N-ethyl adjacent to an activating group) is 1. The Morgan fingerprint density at radius 3 is 2.32 bits per heavy atom. The SMILES string of the molecule is CC(C)CC(C(=O)N(C)Cc1cccc(F)c1)N1C(=O)C2CC=CCC2C1=O. The number of allylic oxidation sites excluding steroid dienone is 2. The number of nitrogens with zero attached hydrogens (tertiary/aromatic N) is 2. The molecule has 5 nitrogen and oxygen atoms in total. The fourth-order valence-electron chi connectivity index (χ4n) is 4.14. The third kappa shape index (κ3) is 4.01. The summed E-state index contributed by atoms with van der Waals surface area (Å²) in [7, 11) is 1.63. The van der Waals surface area contributed by atoms with Crippen molar-refractivity contribution in [3.8, 4) is 0 Å². The number of carbonyl (C=O) groups is 3. The van der Waals surface area contributed by atoms with E-state index >= 15 is 0 Å². The van der Waals surface area contributed by atoms with Crippen molar-refractivity contribution in [3.63, 3.8) is 0 Å². The van der Waals surface area contributed by atoms with Crippen molar-refractivity contribution in [3.05, 3.63) is 47.8 Å². The van der Waals surface area contributed by atoms with Gasteiger partial charge in [-0.3, -0.25) is 19.3 Å². The molecule has 0 saturated carbocycles. The van der Waals surface area contributed by atoms with Crippen molar-refractivity contribution in [1.82, 2.24) is 9.80 Å². The van der Waals surface area contributed by atoms with E-state index in [0.717, 1.165) is 0 Å². The van der Waals surface area contributed by atoms with Crippen LogP contribution < -0.4 is 0 Å². The quantitative estimate of drug-likeness (QED) is 0.557. The predicted octanol–water partition coefficient (Wildman–Crippen LogP) is 3.15. The molecule has 1 fully saturated rings. The van der Waals surface area contributed by atoms with Gasteiger partial charge < -0.3 is 4.90 Å². The number of hydrogen-bond donors (Lipinski definition) is 0. The highest BCUT2D eigenvalue weighted by atomic mass is 19.1. The monoisotopic (exact) mass is 386 g/mol. The molecule has 28 heavy (non-hydrogen) atoms. The van der Waals surface area contributed by atoms with E-state index in [9.17, 15) is 18.8 Å². The highest BCUT2D eigenvalue weighted by Crippen LogP contribution is 2.37. The molecular formula is C22H27FN2O3. The zero-order valence-electron chi connectivity index (χ0n) is 16.6. The molecule has 3 unspecified atom stereocenters. The maximum atomic E-state index is 13.5. The third-order valence-corrected chi connectivity index (χ3v) is 5.52. The largest absolute Gasteiger partial charge is 0.340 e. The van der Waals surface area contributed by atoms with Gasteiger partial charge in [-0.25, -0.2) is 4.39 Å². The van der Waals surface area contributed by atoms with E-state index in [2.05, 4.69) is 0 Å². The Balaban J connectivity index is 1.82. The lowest BCUT2D eigenvalue weighted by Crippen LogP contribution is -2.50. The number of likely N-dealkylation sites (tertiary alicyclic amines) is 1. The summed E-state index contributed by atoms with van der Waals surface area (Å²) in [6.45, 7) is 4.15.